The minimum absolute atomic E-state index is 0.0867. The maximum absolute atomic E-state index is 12.2. The van der Waals surface area contributed by atoms with Crippen molar-refractivity contribution in [1.29, 1.82) is 0 Å². The Hall–Kier alpha value is -2.73. The van der Waals surface area contributed by atoms with Crippen LogP contribution in [0.5, 0.6) is 0 Å². The fourth-order valence-corrected chi connectivity index (χ4v) is 2.48. The molecule has 24 heavy (non-hydrogen) atoms. The van der Waals surface area contributed by atoms with Crippen molar-refractivity contribution in [3.8, 4) is 0 Å². The number of fused-ring (bicyclic) bond motifs is 1. The van der Waals surface area contributed by atoms with Crippen molar-refractivity contribution in [1.82, 2.24) is 25.2 Å². The van der Waals surface area contributed by atoms with Crippen LogP contribution >= 0.6 is 0 Å². The molecular weight excluding hydrogens is 302 g/mol. The molecule has 0 aliphatic heterocycles. The number of rotatable bonds is 6. The lowest BCUT2D eigenvalue weighted by Crippen LogP contribution is -2.31. The Morgan fingerprint density at radius 1 is 1.17 bits per heavy atom. The van der Waals surface area contributed by atoms with Gasteiger partial charge in [-0.3, -0.25) is 4.79 Å². The SMILES string of the molecule is CN(C)CCNC(=O)c1ccc2c(c1)nnn2Cc1ccccc1. The van der Waals surface area contributed by atoms with E-state index >= 15 is 0 Å². The summed E-state index contributed by atoms with van der Waals surface area (Å²) in [7, 11) is 3.95. The van der Waals surface area contributed by atoms with E-state index in [1.165, 1.54) is 0 Å². The molecule has 0 saturated carbocycles. The highest BCUT2D eigenvalue weighted by atomic mass is 16.1. The van der Waals surface area contributed by atoms with Gasteiger partial charge < -0.3 is 10.2 Å². The molecule has 1 aromatic heterocycles. The second-order valence-corrected chi connectivity index (χ2v) is 6.00. The van der Waals surface area contributed by atoms with Gasteiger partial charge in [0.1, 0.15) is 5.52 Å². The maximum atomic E-state index is 12.2. The second kappa shape index (κ2) is 7.23. The van der Waals surface area contributed by atoms with E-state index in [0.29, 0.717) is 18.7 Å². The van der Waals surface area contributed by atoms with Gasteiger partial charge >= 0.3 is 0 Å². The molecule has 6 heteroatoms. The molecule has 2 aromatic carbocycles. The van der Waals surface area contributed by atoms with Crippen LogP contribution in [0.1, 0.15) is 15.9 Å². The summed E-state index contributed by atoms with van der Waals surface area (Å²) in [4.78, 5) is 14.2. The van der Waals surface area contributed by atoms with E-state index in [1.807, 2.05) is 54.0 Å². The number of hydrogen-bond acceptors (Lipinski definition) is 4. The molecule has 0 fully saturated rings. The zero-order valence-corrected chi connectivity index (χ0v) is 13.9. The van der Waals surface area contributed by atoms with E-state index in [1.54, 1.807) is 6.07 Å². The second-order valence-electron chi connectivity index (χ2n) is 6.00. The average Bonchev–Trinajstić information content (AvgIpc) is 2.97. The number of nitrogens with zero attached hydrogens (tertiary/aromatic N) is 4. The van der Waals surface area contributed by atoms with Crippen molar-refractivity contribution in [2.45, 2.75) is 6.54 Å². The van der Waals surface area contributed by atoms with Gasteiger partial charge in [-0.15, -0.1) is 5.10 Å². The van der Waals surface area contributed by atoms with Crippen LogP contribution in [0.25, 0.3) is 11.0 Å². The Morgan fingerprint density at radius 3 is 2.71 bits per heavy atom. The number of amides is 1. The number of benzene rings is 2. The molecule has 0 aliphatic carbocycles. The van der Waals surface area contributed by atoms with Gasteiger partial charge in [-0.2, -0.15) is 0 Å². The smallest absolute Gasteiger partial charge is 0.251 e. The zero-order chi connectivity index (χ0) is 16.9. The lowest BCUT2D eigenvalue weighted by Gasteiger charge is -2.10. The molecular formula is C18H21N5O. The molecule has 0 atom stereocenters. The van der Waals surface area contributed by atoms with E-state index in [0.717, 1.165) is 23.1 Å². The summed E-state index contributed by atoms with van der Waals surface area (Å²) in [5, 5.41) is 11.3. The predicted molar refractivity (Wildman–Crippen MR) is 94.0 cm³/mol. The first-order valence-electron chi connectivity index (χ1n) is 7.93. The fraction of sp³-hybridized carbons (Fsp3) is 0.278. The van der Waals surface area contributed by atoms with Crippen molar-refractivity contribution in [3.05, 3.63) is 59.7 Å². The minimum Gasteiger partial charge on any atom is -0.351 e. The van der Waals surface area contributed by atoms with Crippen LogP contribution in [0, 0.1) is 0 Å². The largest absolute Gasteiger partial charge is 0.351 e. The third kappa shape index (κ3) is 3.78. The Morgan fingerprint density at radius 2 is 1.96 bits per heavy atom. The van der Waals surface area contributed by atoms with Gasteiger partial charge in [-0.05, 0) is 37.9 Å². The van der Waals surface area contributed by atoms with Crippen LogP contribution < -0.4 is 5.32 Å². The Bertz CT molecular complexity index is 826. The first-order valence-corrected chi connectivity index (χ1v) is 7.93. The Labute approximate surface area is 141 Å². The topological polar surface area (TPSA) is 63.1 Å². The first kappa shape index (κ1) is 16.1. The molecule has 3 rings (SSSR count). The van der Waals surface area contributed by atoms with Crippen molar-refractivity contribution in [2.75, 3.05) is 27.2 Å². The van der Waals surface area contributed by atoms with Gasteiger partial charge in [0.2, 0.25) is 0 Å². The van der Waals surface area contributed by atoms with E-state index < -0.39 is 0 Å². The summed E-state index contributed by atoms with van der Waals surface area (Å²) in [6.07, 6.45) is 0. The molecule has 3 aromatic rings. The van der Waals surface area contributed by atoms with Gasteiger partial charge in [-0.25, -0.2) is 4.68 Å². The van der Waals surface area contributed by atoms with E-state index in [9.17, 15) is 4.79 Å². The van der Waals surface area contributed by atoms with Crippen molar-refractivity contribution < 1.29 is 4.79 Å². The van der Waals surface area contributed by atoms with Crippen LogP contribution in [-0.2, 0) is 6.54 Å². The summed E-state index contributed by atoms with van der Waals surface area (Å²) in [6, 6.07) is 15.6. The minimum atomic E-state index is -0.0867. The highest BCUT2D eigenvalue weighted by molar-refractivity contribution is 5.97. The number of carbonyl (C=O) groups excluding carboxylic acids is 1. The normalized spacial score (nSPS) is 11.1. The van der Waals surface area contributed by atoms with Gasteiger partial charge in [0.05, 0.1) is 12.1 Å². The zero-order valence-electron chi connectivity index (χ0n) is 13.9. The fourth-order valence-electron chi connectivity index (χ4n) is 2.48. The lowest BCUT2D eigenvalue weighted by molar-refractivity contribution is 0.0951. The molecule has 6 nitrogen and oxygen atoms in total. The third-order valence-corrected chi connectivity index (χ3v) is 3.80. The summed E-state index contributed by atoms with van der Waals surface area (Å²) in [5.74, 6) is -0.0867. The van der Waals surface area contributed by atoms with Gasteiger partial charge in [-0.1, -0.05) is 35.5 Å². The quantitative estimate of drug-likeness (QED) is 0.751. The molecule has 0 spiro atoms. The van der Waals surface area contributed by atoms with Crippen LogP contribution in [0.15, 0.2) is 48.5 Å². The van der Waals surface area contributed by atoms with E-state index in [2.05, 4.69) is 27.8 Å². The average molecular weight is 323 g/mol. The maximum Gasteiger partial charge on any atom is 0.251 e. The number of hydrogen-bond donors (Lipinski definition) is 1. The Kier molecular flexibility index (Phi) is 4.86. The lowest BCUT2D eigenvalue weighted by atomic mass is 10.1. The first-order chi connectivity index (χ1) is 11.6. The molecule has 0 unspecified atom stereocenters. The summed E-state index contributed by atoms with van der Waals surface area (Å²) in [6.45, 7) is 2.08. The Balaban J connectivity index is 1.74. The third-order valence-electron chi connectivity index (χ3n) is 3.80. The van der Waals surface area contributed by atoms with Gasteiger partial charge in [0, 0.05) is 18.7 Å². The number of likely N-dealkylation sites (N-methyl/N-ethyl adjacent to an activating group) is 1. The molecule has 1 N–H and O–H groups in total. The van der Waals surface area contributed by atoms with Crippen LogP contribution in [0.2, 0.25) is 0 Å². The standard InChI is InChI=1S/C18H21N5O/c1-22(2)11-10-19-18(24)15-8-9-17-16(12-15)20-21-23(17)13-14-6-4-3-5-7-14/h3-9,12H,10-11,13H2,1-2H3,(H,19,24). The highest BCUT2D eigenvalue weighted by Crippen LogP contribution is 2.15. The molecule has 0 bridgehead atoms. The summed E-state index contributed by atoms with van der Waals surface area (Å²) < 4.78 is 1.85. The number of carbonyl (C=O) groups is 1. The van der Waals surface area contributed by atoms with Crippen molar-refractivity contribution in [2.24, 2.45) is 0 Å². The highest BCUT2D eigenvalue weighted by Gasteiger charge is 2.10. The number of aromatic nitrogens is 3. The van der Waals surface area contributed by atoms with Crippen LogP contribution in [-0.4, -0.2) is 53.0 Å². The molecule has 1 heterocycles. The summed E-state index contributed by atoms with van der Waals surface area (Å²) >= 11 is 0. The van der Waals surface area contributed by atoms with E-state index in [4.69, 9.17) is 0 Å². The van der Waals surface area contributed by atoms with Crippen molar-refractivity contribution >= 4 is 16.9 Å². The van der Waals surface area contributed by atoms with Crippen molar-refractivity contribution in [3.63, 3.8) is 0 Å². The van der Waals surface area contributed by atoms with Crippen LogP contribution in [0.3, 0.4) is 0 Å². The summed E-state index contributed by atoms with van der Waals surface area (Å²) in [5.41, 5.74) is 3.41. The molecule has 0 radical (unpaired) electrons. The monoisotopic (exact) mass is 323 g/mol. The molecule has 0 saturated heterocycles. The molecule has 0 aliphatic rings. The predicted octanol–water partition coefficient (Wildman–Crippen LogP) is 1.77. The molecule has 1 amide bonds. The number of nitrogens with one attached hydrogen (secondary N) is 1. The molecule has 124 valence electrons. The van der Waals surface area contributed by atoms with Gasteiger partial charge in [0.25, 0.3) is 5.91 Å². The van der Waals surface area contributed by atoms with Crippen LogP contribution in [0.4, 0.5) is 0 Å². The van der Waals surface area contributed by atoms with Gasteiger partial charge in [0.15, 0.2) is 0 Å². The van der Waals surface area contributed by atoms with E-state index in [-0.39, 0.29) is 5.91 Å².